The predicted molar refractivity (Wildman–Crippen MR) is 84.6 cm³/mol. The first-order chi connectivity index (χ1) is 10.7. The average Bonchev–Trinajstić information content (AvgIpc) is 2.55. The highest BCUT2D eigenvalue weighted by molar-refractivity contribution is 5.80. The van der Waals surface area contributed by atoms with Crippen molar-refractivity contribution < 1.29 is 4.42 Å². The molecule has 2 aromatic carbocycles. The van der Waals surface area contributed by atoms with E-state index in [-0.39, 0.29) is 5.89 Å². The zero-order valence-electron chi connectivity index (χ0n) is 12.4. The molecule has 3 aromatic rings. The first kappa shape index (κ1) is 14.1. The average molecular weight is 293 g/mol. The molecule has 110 valence electrons. The highest BCUT2D eigenvalue weighted by atomic mass is 16.4. The molecular formula is C17H15N3O2. The fraction of sp³-hybridized carbons (Fsp3) is 0.176. The van der Waals surface area contributed by atoms with E-state index in [0.717, 1.165) is 22.2 Å². The van der Waals surface area contributed by atoms with Gasteiger partial charge in [0.1, 0.15) is 0 Å². The lowest BCUT2D eigenvalue weighted by atomic mass is 10.1. The lowest BCUT2D eigenvalue weighted by molar-refractivity contribution is 0.410. The second-order valence-electron chi connectivity index (χ2n) is 5.06. The molecule has 5 nitrogen and oxygen atoms in total. The highest BCUT2D eigenvalue weighted by Crippen LogP contribution is 2.19. The summed E-state index contributed by atoms with van der Waals surface area (Å²) in [5.41, 5.74) is 2.98. The Labute approximate surface area is 127 Å². The molecule has 5 heteroatoms. The van der Waals surface area contributed by atoms with Crippen molar-refractivity contribution in [2.45, 2.75) is 19.9 Å². The Balaban J connectivity index is 2.35. The van der Waals surface area contributed by atoms with Crippen LogP contribution in [0.1, 0.15) is 24.4 Å². The van der Waals surface area contributed by atoms with E-state index in [2.05, 4.69) is 15.2 Å². The Hall–Kier alpha value is -2.82. The zero-order valence-corrected chi connectivity index (χ0v) is 12.4. The van der Waals surface area contributed by atoms with Gasteiger partial charge in [0.05, 0.1) is 16.6 Å². The summed E-state index contributed by atoms with van der Waals surface area (Å²) in [4.78, 5) is 19.7. The smallest absolute Gasteiger partial charge is 0.231 e. The molecule has 0 N–H and O–H groups in total. The minimum Gasteiger partial charge on any atom is -0.421 e. The highest BCUT2D eigenvalue weighted by Gasteiger charge is 2.13. The van der Waals surface area contributed by atoms with Gasteiger partial charge in [-0.1, -0.05) is 35.5 Å². The van der Waals surface area contributed by atoms with Crippen LogP contribution < -0.4 is 5.55 Å². The SMILES string of the molecule is Cc1cccc2nc([C@H](C)N=O)o/c(=N\c3ccccc3)c12. The molecule has 0 bridgehead atoms. The van der Waals surface area contributed by atoms with Crippen molar-refractivity contribution >= 4 is 16.6 Å². The van der Waals surface area contributed by atoms with Gasteiger partial charge < -0.3 is 4.42 Å². The van der Waals surface area contributed by atoms with Crippen molar-refractivity contribution in [1.29, 1.82) is 0 Å². The summed E-state index contributed by atoms with van der Waals surface area (Å²) in [5, 5.41) is 3.83. The van der Waals surface area contributed by atoms with Crippen molar-refractivity contribution in [3.05, 3.63) is 70.4 Å². The maximum atomic E-state index is 10.8. The van der Waals surface area contributed by atoms with Crippen molar-refractivity contribution in [2.24, 2.45) is 10.2 Å². The third kappa shape index (κ3) is 2.65. The van der Waals surface area contributed by atoms with Crippen molar-refractivity contribution in [3.8, 4) is 0 Å². The van der Waals surface area contributed by atoms with Crippen LogP contribution in [0.3, 0.4) is 0 Å². The van der Waals surface area contributed by atoms with Gasteiger partial charge in [-0.05, 0) is 37.6 Å². The van der Waals surface area contributed by atoms with Gasteiger partial charge in [-0.3, -0.25) is 0 Å². The van der Waals surface area contributed by atoms with Gasteiger partial charge in [0, 0.05) is 0 Å². The van der Waals surface area contributed by atoms with Crippen LogP contribution in [0.2, 0.25) is 0 Å². The molecule has 0 amide bonds. The first-order valence-electron chi connectivity index (χ1n) is 7.01. The molecule has 0 spiro atoms. The molecule has 0 aliphatic rings. The predicted octanol–water partition coefficient (Wildman–Crippen LogP) is 4.20. The van der Waals surface area contributed by atoms with E-state index in [1.807, 2.05) is 55.5 Å². The van der Waals surface area contributed by atoms with Gasteiger partial charge in [0.15, 0.2) is 6.04 Å². The topological polar surface area (TPSA) is 67.8 Å². The second kappa shape index (κ2) is 5.89. The number of para-hydroxylation sites is 1. The van der Waals surface area contributed by atoms with Crippen LogP contribution in [0, 0.1) is 11.8 Å². The maximum absolute atomic E-state index is 10.8. The van der Waals surface area contributed by atoms with Crippen LogP contribution in [0.4, 0.5) is 5.69 Å². The number of fused-ring (bicyclic) bond motifs is 1. The summed E-state index contributed by atoms with van der Waals surface area (Å²) in [5.74, 6) is 0.266. The molecule has 0 aliphatic heterocycles. The van der Waals surface area contributed by atoms with Gasteiger partial charge in [-0.2, -0.15) is 0 Å². The van der Waals surface area contributed by atoms with Crippen molar-refractivity contribution in [1.82, 2.24) is 4.98 Å². The van der Waals surface area contributed by atoms with E-state index in [1.54, 1.807) is 6.92 Å². The van der Waals surface area contributed by atoms with Crippen LogP contribution in [0.15, 0.2) is 63.1 Å². The summed E-state index contributed by atoms with van der Waals surface area (Å²) < 4.78 is 5.76. The summed E-state index contributed by atoms with van der Waals surface area (Å²) in [7, 11) is 0. The van der Waals surface area contributed by atoms with E-state index in [4.69, 9.17) is 4.42 Å². The number of aryl methyl sites for hydroxylation is 1. The molecule has 1 atom stereocenters. The molecule has 3 rings (SSSR count). The van der Waals surface area contributed by atoms with Gasteiger partial charge in [0.2, 0.25) is 11.4 Å². The number of rotatable bonds is 3. The first-order valence-corrected chi connectivity index (χ1v) is 7.01. The van der Waals surface area contributed by atoms with E-state index in [1.165, 1.54) is 0 Å². The lowest BCUT2D eigenvalue weighted by Gasteiger charge is -2.06. The Kier molecular flexibility index (Phi) is 3.78. The summed E-state index contributed by atoms with van der Waals surface area (Å²) >= 11 is 0. The van der Waals surface area contributed by atoms with E-state index in [9.17, 15) is 4.91 Å². The van der Waals surface area contributed by atoms with Crippen LogP contribution in [-0.4, -0.2) is 4.98 Å². The lowest BCUT2D eigenvalue weighted by Crippen LogP contribution is -2.09. The van der Waals surface area contributed by atoms with Gasteiger partial charge in [-0.15, -0.1) is 4.91 Å². The summed E-state index contributed by atoms with van der Waals surface area (Å²) in [6.07, 6.45) is 0. The van der Waals surface area contributed by atoms with Crippen LogP contribution in [-0.2, 0) is 0 Å². The Morgan fingerprint density at radius 3 is 2.59 bits per heavy atom. The van der Waals surface area contributed by atoms with Crippen molar-refractivity contribution in [3.63, 3.8) is 0 Å². The normalized spacial score (nSPS) is 13.3. The Morgan fingerprint density at radius 2 is 1.86 bits per heavy atom. The molecule has 0 unspecified atom stereocenters. The molecule has 1 heterocycles. The van der Waals surface area contributed by atoms with E-state index < -0.39 is 6.04 Å². The van der Waals surface area contributed by atoms with Crippen LogP contribution >= 0.6 is 0 Å². The van der Waals surface area contributed by atoms with Crippen LogP contribution in [0.25, 0.3) is 10.9 Å². The second-order valence-corrected chi connectivity index (χ2v) is 5.06. The molecule has 1 aromatic heterocycles. The summed E-state index contributed by atoms with van der Waals surface area (Å²) in [6, 6.07) is 14.6. The molecular weight excluding hydrogens is 278 g/mol. The standard InChI is InChI=1S/C17H15N3O2/c1-11-7-6-10-14-15(11)17(18-13-8-4-3-5-9-13)22-16(19-14)12(2)20-21/h3-10,12H,1-2H3/b18-17-/t12-/m0/s1. The van der Waals surface area contributed by atoms with E-state index in [0.29, 0.717) is 5.55 Å². The minimum absolute atomic E-state index is 0.266. The van der Waals surface area contributed by atoms with Crippen LogP contribution in [0.5, 0.6) is 0 Å². The fourth-order valence-electron chi connectivity index (χ4n) is 2.24. The third-order valence-corrected chi connectivity index (χ3v) is 3.40. The molecule has 0 saturated carbocycles. The number of nitrogens with zero attached hydrogens (tertiary/aromatic N) is 3. The monoisotopic (exact) mass is 293 g/mol. The zero-order chi connectivity index (χ0) is 15.5. The van der Waals surface area contributed by atoms with Gasteiger partial charge >= 0.3 is 0 Å². The summed E-state index contributed by atoms with van der Waals surface area (Å²) in [6.45, 7) is 3.62. The van der Waals surface area contributed by atoms with Gasteiger partial charge in [0.25, 0.3) is 0 Å². The molecule has 0 radical (unpaired) electrons. The van der Waals surface area contributed by atoms with E-state index >= 15 is 0 Å². The number of nitroso groups, excluding NO2 is 1. The Morgan fingerprint density at radius 1 is 1.09 bits per heavy atom. The molecule has 0 aliphatic carbocycles. The third-order valence-electron chi connectivity index (χ3n) is 3.40. The van der Waals surface area contributed by atoms with Gasteiger partial charge in [-0.25, -0.2) is 9.98 Å². The number of benzene rings is 2. The fourth-order valence-corrected chi connectivity index (χ4v) is 2.24. The Bertz CT molecular complexity index is 885. The molecule has 0 fully saturated rings. The quantitative estimate of drug-likeness (QED) is 0.680. The molecule has 0 saturated heterocycles. The largest absolute Gasteiger partial charge is 0.421 e. The number of hydrogen-bond donors (Lipinski definition) is 0. The number of aromatic nitrogens is 1. The maximum Gasteiger partial charge on any atom is 0.231 e. The van der Waals surface area contributed by atoms with Crippen molar-refractivity contribution in [2.75, 3.05) is 0 Å². The molecule has 22 heavy (non-hydrogen) atoms. The number of hydrogen-bond acceptors (Lipinski definition) is 5. The minimum atomic E-state index is -0.658.